The van der Waals surface area contributed by atoms with Crippen LogP contribution in [-0.2, 0) is 33.3 Å². The molecule has 0 saturated carbocycles. The Morgan fingerprint density at radius 1 is 0.534 bits per heavy atom. The average Bonchev–Trinajstić information content (AvgIpc) is 3.21. The van der Waals surface area contributed by atoms with Crippen LogP contribution >= 0.6 is 0 Å². The summed E-state index contributed by atoms with van der Waals surface area (Å²) in [7, 11) is 0. The van der Waals surface area contributed by atoms with Gasteiger partial charge >= 0.3 is 17.9 Å². The van der Waals surface area contributed by atoms with E-state index in [4.69, 9.17) is 18.9 Å². The van der Waals surface area contributed by atoms with E-state index in [1.54, 1.807) is 0 Å². The molecular formula is C47H72O11. The van der Waals surface area contributed by atoms with Crippen molar-refractivity contribution in [3.8, 4) is 0 Å². The third-order valence-corrected chi connectivity index (χ3v) is 8.93. The van der Waals surface area contributed by atoms with Crippen molar-refractivity contribution in [1.29, 1.82) is 0 Å². The van der Waals surface area contributed by atoms with Gasteiger partial charge in [-0.05, 0) is 89.9 Å². The largest absolute Gasteiger partial charge is 0.479 e. The molecule has 1 saturated heterocycles. The predicted molar refractivity (Wildman–Crippen MR) is 229 cm³/mol. The van der Waals surface area contributed by atoms with Crippen LogP contribution in [0.4, 0.5) is 0 Å². The smallest absolute Gasteiger partial charge is 0.335 e. The molecule has 0 bridgehead atoms. The van der Waals surface area contributed by atoms with Gasteiger partial charge in [-0.1, -0.05) is 124 Å². The molecule has 1 aliphatic rings. The number of aliphatic carboxylic acids is 1. The second kappa shape index (κ2) is 36.2. The van der Waals surface area contributed by atoms with E-state index in [0.717, 1.165) is 89.9 Å². The minimum absolute atomic E-state index is 0.118. The Morgan fingerprint density at radius 3 is 1.47 bits per heavy atom. The van der Waals surface area contributed by atoms with E-state index in [1.807, 2.05) is 0 Å². The summed E-state index contributed by atoms with van der Waals surface area (Å²) in [5.41, 5.74) is 0. The molecule has 1 heterocycles. The Bertz CT molecular complexity index is 1330. The zero-order valence-corrected chi connectivity index (χ0v) is 35.0. The van der Waals surface area contributed by atoms with E-state index in [2.05, 4.69) is 111 Å². The predicted octanol–water partition coefficient (Wildman–Crippen LogP) is 8.86. The van der Waals surface area contributed by atoms with Crippen molar-refractivity contribution >= 4 is 17.9 Å². The molecule has 11 nitrogen and oxygen atoms in total. The van der Waals surface area contributed by atoms with Gasteiger partial charge in [-0.2, -0.15) is 0 Å². The van der Waals surface area contributed by atoms with E-state index in [1.165, 1.54) is 0 Å². The van der Waals surface area contributed by atoms with Crippen molar-refractivity contribution in [2.75, 3.05) is 13.2 Å². The van der Waals surface area contributed by atoms with Crippen molar-refractivity contribution in [1.82, 2.24) is 0 Å². The lowest BCUT2D eigenvalue weighted by molar-refractivity contribution is -0.298. The molecule has 1 fully saturated rings. The third kappa shape index (κ3) is 27.7. The standard InChI is InChI=1S/C47H72O11/c1-3-5-7-9-11-13-15-17-19-20-22-23-25-27-29-31-33-35-40(48)55-37-39(38-56-47-44(52)42(50)43(51)45(58-47)46(53)54)57-41(49)36-34-32-30-28-26-24-21-18-16-14-12-10-8-6-4-2/h5-8,11-14,17-19,21-23,26,28,39,42-45,47,50-52H,3-4,9-10,15-16,20,24-25,27,29-38H2,1-2H3,(H,53,54)/b7-5-,8-6-,13-11-,14-12-,19-17-,21-18-,23-22-,28-26-. The molecule has 58 heavy (non-hydrogen) atoms. The maximum atomic E-state index is 12.7. The van der Waals surface area contributed by atoms with Gasteiger partial charge in [-0.3, -0.25) is 9.59 Å². The van der Waals surface area contributed by atoms with Gasteiger partial charge in [0.1, 0.15) is 24.9 Å². The summed E-state index contributed by atoms with van der Waals surface area (Å²) in [6.45, 7) is 3.50. The lowest BCUT2D eigenvalue weighted by Gasteiger charge is -2.38. The van der Waals surface area contributed by atoms with Gasteiger partial charge in [0.15, 0.2) is 18.5 Å². The van der Waals surface area contributed by atoms with Crippen LogP contribution < -0.4 is 0 Å². The van der Waals surface area contributed by atoms with E-state index >= 15 is 0 Å². The molecule has 1 aliphatic heterocycles. The Labute approximate surface area is 347 Å². The Morgan fingerprint density at radius 2 is 0.966 bits per heavy atom. The Kier molecular flexibility index (Phi) is 32.6. The summed E-state index contributed by atoms with van der Waals surface area (Å²) in [5.74, 6) is -2.55. The first-order valence-corrected chi connectivity index (χ1v) is 21.3. The van der Waals surface area contributed by atoms with Gasteiger partial charge in [0.05, 0.1) is 6.61 Å². The molecule has 0 aliphatic carbocycles. The van der Waals surface area contributed by atoms with Crippen molar-refractivity contribution in [3.05, 3.63) is 97.2 Å². The summed E-state index contributed by atoms with van der Waals surface area (Å²) in [5, 5.41) is 39.8. The fourth-order valence-corrected chi connectivity index (χ4v) is 5.62. The number of carboxylic acids is 1. The minimum atomic E-state index is -1.88. The molecule has 6 unspecified atom stereocenters. The van der Waals surface area contributed by atoms with Crippen LogP contribution in [0.1, 0.15) is 129 Å². The first kappa shape index (κ1) is 52.1. The zero-order valence-electron chi connectivity index (χ0n) is 35.0. The molecule has 0 amide bonds. The number of unbranched alkanes of at least 4 members (excludes halogenated alkanes) is 6. The number of esters is 2. The fraction of sp³-hybridized carbons (Fsp3) is 0.596. The molecule has 0 aromatic rings. The molecule has 0 radical (unpaired) electrons. The second-order valence-corrected chi connectivity index (χ2v) is 14.1. The number of aliphatic hydroxyl groups excluding tert-OH is 3. The van der Waals surface area contributed by atoms with Gasteiger partial charge in [0, 0.05) is 12.8 Å². The quantitative estimate of drug-likeness (QED) is 0.0284. The highest BCUT2D eigenvalue weighted by Gasteiger charge is 2.47. The second-order valence-electron chi connectivity index (χ2n) is 14.1. The molecule has 4 N–H and O–H groups in total. The Balaban J connectivity index is 2.46. The van der Waals surface area contributed by atoms with E-state index in [9.17, 15) is 34.8 Å². The van der Waals surface area contributed by atoms with Gasteiger partial charge in [-0.25, -0.2) is 4.79 Å². The van der Waals surface area contributed by atoms with Gasteiger partial charge in [0.25, 0.3) is 0 Å². The summed E-state index contributed by atoms with van der Waals surface area (Å²) in [6.07, 6.45) is 38.9. The lowest BCUT2D eigenvalue weighted by Crippen LogP contribution is -2.60. The molecule has 1 rings (SSSR count). The zero-order chi connectivity index (χ0) is 42.5. The van der Waals surface area contributed by atoms with E-state index in [0.29, 0.717) is 12.8 Å². The highest BCUT2D eigenvalue weighted by atomic mass is 16.7. The topological polar surface area (TPSA) is 169 Å². The number of ether oxygens (including phenoxy) is 4. The maximum Gasteiger partial charge on any atom is 0.335 e. The molecule has 326 valence electrons. The van der Waals surface area contributed by atoms with Crippen molar-refractivity contribution in [3.63, 3.8) is 0 Å². The van der Waals surface area contributed by atoms with Crippen molar-refractivity contribution in [2.24, 2.45) is 0 Å². The van der Waals surface area contributed by atoms with Crippen molar-refractivity contribution < 1.29 is 53.8 Å². The number of hydrogen-bond donors (Lipinski definition) is 4. The summed E-state index contributed by atoms with van der Waals surface area (Å²) in [4.78, 5) is 36.8. The molecule has 11 heteroatoms. The number of carbonyl (C=O) groups excluding carboxylic acids is 2. The lowest BCUT2D eigenvalue weighted by atomic mass is 9.99. The van der Waals surface area contributed by atoms with Crippen LogP contribution in [-0.4, -0.2) is 88.4 Å². The number of carbonyl (C=O) groups is 3. The summed E-state index contributed by atoms with van der Waals surface area (Å²) in [6, 6.07) is 0. The number of aliphatic hydroxyl groups is 3. The van der Waals surface area contributed by atoms with E-state index in [-0.39, 0.29) is 19.4 Å². The maximum absolute atomic E-state index is 12.7. The van der Waals surface area contributed by atoms with Crippen LogP contribution in [0.15, 0.2) is 97.2 Å². The van der Waals surface area contributed by atoms with Crippen molar-refractivity contribution in [2.45, 2.75) is 166 Å². The van der Waals surface area contributed by atoms with Gasteiger partial charge in [0.2, 0.25) is 0 Å². The number of hydrogen-bond acceptors (Lipinski definition) is 10. The summed E-state index contributed by atoms with van der Waals surface area (Å²) < 4.78 is 21.6. The number of carboxylic acid groups (broad SMARTS) is 1. The first-order valence-electron chi connectivity index (χ1n) is 21.3. The molecule has 0 spiro atoms. The van der Waals surface area contributed by atoms with Crippen LogP contribution in [0, 0.1) is 0 Å². The molecule has 6 atom stereocenters. The van der Waals surface area contributed by atoms with Crippen LogP contribution in [0.3, 0.4) is 0 Å². The highest BCUT2D eigenvalue weighted by molar-refractivity contribution is 5.73. The third-order valence-electron chi connectivity index (χ3n) is 8.93. The highest BCUT2D eigenvalue weighted by Crippen LogP contribution is 2.23. The monoisotopic (exact) mass is 813 g/mol. The normalized spacial score (nSPS) is 21.0. The fourth-order valence-electron chi connectivity index (χ4n) is 5.62. The van der Waals surface area contributed by atoms with Crippen LogP contribution in [0.25, 0.3) is 0 Å². The van der Waals surface area contributed by atoms with Crippen LogP contribution in [0.5, 0.6) is 0 Å². The van der Waals surface area contributed by atoms with Gasteiger partial charge < -0.3 is 39.4 Å². The molecule has 0 aromatic carbocycles. The average molecular weight is 813 g/mol. The number of rotatable bonds is 33. The molecular weight excluding hydrogens is 741 g/mol. The SMILES string of the molecule is CC/C=C\C/C=C\C/C=C\C/C=C\CCCCCCC(=O)OCC(COC1OC(C(=O)O)C(O)C(O)C1O)OC(=O)CCCC/C=C\C/C=C\C/C=C\C/C=C\CC. The Hall–Kier alpha value is -3.87. The number of allylic oxidation sites excluding steroid dienone is 16. The van der Waals surface area contributed by atoms with Crippen LogP contribution in [0.2, 0.25) is 0 Å². The first-order chi connectivity index (χ1) is 28.2. The van der Waals surface area contributed by atoms with Gasteiger partial charge in [-0.15, -0.1) is 0 Å². The molecule has 0 aromatic heterocycles. The summed E-state index contributed by atoms with van der Waals surface area (Å²) >= 11 is 0. The van der Waals surface area contributed by atoms with E-state index < -0.39 is 61.3 Å². The minimum Gasteiger partial charge on any atom is -0.479 e.